The number of amides is 1. The lowest BCUT2D eigenvalue weighted by molar-refractivity contribution is 0.0729. The van der Waals surface area contributed by atoms with Crippen LogP contribution < -0.4 is 0 Å². The van der Waals surface area contributed by atoms with Crippen LogP contribution in [0.2, 0.25) is 10.0 Å². The molecule has 1 amide bonds. The van der Waals surface area contributed by atoms with Crippen LogP contribution in [0.15, 0.2) is 52.9 Å². The van der Waals surface area contributed by atoms with Gasteiger partial charge >= 0.3 is 0 Å². The first-order valence-corrected chi connectivity index (χ1v) is 10.7. The molecule has 0 saturated carbocycles. The molecule has 2 heterocycles. The van der Waals surface area contributed by atoms with Crippen LogP contribution in [0.1, 0.15) is 43.4 Å². The van der Waals surface area contributed by atoms with Gasteiger partial charge in [0.15, 0.2) is 5.78 Å². The highest BCUT2D eigenvalue weighted by Gasteiger charge is 2.25. The number of nitrogens with zero attached hydrogens (tertiary/aromatic N) is 2. The van der Waals surface area contributed by atoms with Crippen molar-refractivity contribution in [1.82, 2.24) is 9.80 Å². The quantitative estimate of drug-likeness (QED) is 0.441. The average molecular weight is 494 g/mol. The van der Waals surface area contributed by atoms with Crippen molar-refractivity contribution in [1.29, 1.82) is 0 Å². The predicted octanol–water partition coefficient (Wildman–Crippen LogP) is 5.50. The summed E-state index contributed by atoms with van der Waals surface area (Å²) in [5.41, 5.74) is 2.38. The van der Waals surface area contributed by atoms with Crippen molar-refractivity contribution in [3.8, 4) is 0 Å². The van der Waals surface area contributed by atoms with Crippen molar-refractivity contribution in [3.05, 3.63) is 92.4 Å². The highest BCUT2D eigenvalue weighted by Crippen LogP contribution is 2.28. The predicted molar refractivity (Wildman–Crippen MR) is 128 cm³/mol. The lowest BCUT2D eigenvalue weighted by Gasteiger charge is -2.26. The number of carbonyl (C=O) groups excluding carboxylic acids is 2. The van der Waals surface area contributed by atoms with Gasteiger partial charge in [-0.15, -0.1) is 12.4 Å². The first-order valence-electron chi connectivity index (χ1n) is 9.96. The lowest BCUT2D eigenvalue weighted by Crippen LogP contribution is -2.35. The maximum Gasteiger partial charge on any atom is 0.254 e. The van der Waals surface area contributed by atoms with Crippen LogP contribution in [0.5, 0.6) is 0 Å². The van der Waals surface area contributed by atoms with E-state index in [1.165, 1.54) is 0 Å². The van der Waals surface area contributed by atoms with Gasteiger partial charge in [0.05, 0.1) is 16.6 Å². The molecular weight excluding hydrogens is 471 g/mol. The molecule has 1 aliphatic heterocycles. The number of benzene rings is 2. The number of carbonyl (C=O) groups is 2. The van der Waals surface area contributed by atoms with Gasteiger partial charge in [-0.05, 0) is 44.4 Å². The van der Waals surface area contributed by atoms with E-state index in [2.05, 4.69) is 0 Å². The third-order valence-electron chi connectivity index (χ3n) is 5.27. The van der Waals surface area contributed by atoms with Gasteiger partial charge in [-0.25, -0.2) is 0 Å². The van der Waals surface area contributed by atoms with E-state index in [0.717, 1.165) is 23.6 Å². The van der Waals surface area contributed by atoms with E-state index in [-0.39, 0.29) is 29.1 Å². The van der Waals surface area contributed by atoms with Crippen LogP contribution in [-0.4, -0.2) is 42.1 Å². The van der Waals surface area contributed by atoms with E-state index in [0.29, 0.717) is 41.2 Å². The van der Waals surface area contributed by atoms with Crippen LogP contribution in [0.25, 0.3) is 0 Å². The summed E-state index contributed by atoms with van der Waals surface area (Å²) in [6.07, 6.45) is 0.693. The second kappa shape index (κ2) is 10.1. The van der Waals surface area contributed by atoms with Crippen LogP contribution >= 0.6 is 35.6 Å². The SMILES string of the molecule is CN(C)Cc1cc2c(o1)CCN(C(=O)c1ccc(C(=O)c3cccc(Cl)c3Cl)cc1)C2.Cl. The molecule has 2 aromatic carbocycles. The number of halogens is 3. The minimum Gasteiger partial charge on any atom is -0.464 e. The molecule has 0 radical (unpaired) electrons. The standard InChI is InChI=1S/C24H22Cl2N2O3.ClH/c1-27(2)14-18-12-17-13-28(11-10-21(17)31-18)24(30)16-8-6-15(7-9-16)23(29)19-4-3-5-20(25)22(19)26;/h3-9,12H,10-11,13-14H2,1-2H3;1H. The van der Waals surface area contributed by atoms with Crippen molar-refractivity contribution in [2.45, 2.75) is 19.5 Å². The maximum atomic E-state index is 13.0. The molecular formula is C24H23Cl3N2O3. The van der Waals surface area contributed by atoms with Crippen molar-refractivity contribution in [2.75, 3.05) is 20.6 Å². The summed E-state index contributed by atoms with van der Waals surface area (Å²) in [6.45, 7) is 1.84. The summed E-state index contributed by atoms with van der Waals surface area (Å²) in [6, 6.07) is 13.6. The zero-order valence-corrected chi connectivity index (χ0v) is 20.1. The Bertz CT molecular complexity index is 1140. The fourth-order valence-electron chi connectivity index (χ4n) is 3.74. The van der Waals surface area contributed by atoms with Gasteiger partial charge in [0, 0.05) is 41.8 Å². The highest BCUT2D eigenvalue weighted by atomic mass is 35.5. The smallest absolute Gasteiger partial charge is 0.254 e. The second-order valence-corrected chi connectivity index (χ2v) is 8.67. The molecule has 0 fully saturated rings. The zero-order valence-electron chi connectivity index (χ0n) is 17.7. The zero-order chi connectivity index (χ0) is 22.1. The number of hydrogen-bond donors (Lipinski definition) is 0. The van der Waals surface area contributed by atoms with Gasteiger partial charge in [-0.2, -0.15) is 0 Å². The molecule has 0 aliphatic carbocycles. The summed E-state index contributed by atoms with van der Waals surface area (Å²) >= 11 is 12.2. The molecule has 8 heteroatoms. The number of ketones is 1. The Morgan fingerprint density at radius 2 is 1.75 bits per heavy atom. The number of hydrogen-bond acceptors (Lipinski definition) is 4. The van der Waals surface area contributed by atoms with E-state index < -0.39 is 0 Å². The normalized spacial score (nSPS) is 13.0. The Balaban J connectivity index is 0.00000289. The average Bonchev–Trinajstić information content (AvgIpc) is 3.15. The molecule has 0 N–H and O–H groups in total. The Morgan fingerprint density at radius 3 is 2.44 bits per heavy atom. The van der Waals surface area contributed by atoms with Gasteiger partial charge in [0.2, 0.25) is 0 Å². The molecule has 0 bridgehead atoms. The maximum absolute atomic E-state index is 13.0. The van der Waals surface area contributed by atoms with E-state index >= 15 is 0 Å². The summed E-state index contributed by atoms with van der Waals surface area (Å²) in [5, 5.41) is 0.559. The van der Waals surface area contributed by atoms with Crippen molar-refractivity contribution >= 4 is 47.3 Å². The Hall–Kier alpha value is -2.31. The fraction of sp³-hybridized carbons (Fsp3) is 0.250. The molecule has 0 spiro atoms. The van der Waals surface area contributed by atoms with Crippen molar-refractivity contribution < 1.29 is 14.0 Å². The Labute approximate surface area is 203 Å². The minimum atomic E-state index is -0.235. The molecule has 0 saturated heterocycles. The molecule has 0 unspecified atom stereocenters. The van der Waals surface area contributed by atoms with Gasteiger partial charge in [-0.1, -0.05) is 41.4 Å². The fourth-order valence-corrected chi connectivity index (χ4v) is 4.13. The van der Waals surface area contributed by atoms with Crippen molar-refractivity contribution in [3.63, 3.8) is 0 Å². The monoisotopic (exact) mass is 492 g/mol. The summed E-state index contributed by atoms with van der Waals surface area (Å²) in [7, 11) is 3.98. The van der Waals surface area contributed by atoms with E-state index in [4.69, 9.17) is 27.6 Å². The Morgan fingerprint density at radius 1 is 1.06 bits per heavy atom. The highest BCUT2D eigenvalue weighted by molar-refractivity contribution is 6.44. The molecule has 0 atom stereocenters. The van der Waals surface area contributed by atoms with Crippen molar-refractivity contribution in [2.24, 2.45) is 0 Å². The first-order chi connectivity index (χ1) is 14.8. The first kappa shape index (κ1) is 24.3. The van der Waals surface area contributed by atoms with Gasteiger partial charge in [0.25, 0.3) is 5.91 Å². The van der Waals surface area contributed by atoms with E-state index in [1.54, 1.807) is 42.5 Å². The number of fused-ring (bicyclic) bond motifs is 1. The topological polar surface area (TPSA) is 53.8 Å². The Kier molecular flexibility index (Phi) is 7.67. The second-order valence-electron chi connectivity index (χ2n) is 7.88. The molecule has 4 rings (SSSR count). The van der Waals surface area contributed by atoms with Gasteiger partial charge in [-0.3, -0.25) is 9.59 Å². The number of furan rings is 1. The molecule has 1 aromatic heterocycles. The lowest BCUT2D eigenvalue weighted by atomic mass is 10.0. The molecule has 32 heavy (non-hydrogen) atoms. The third-order valence-corrected chi connectivity index (χ3v) is 6.09. The van der Waals surface area contributed by atoms with Gasteiger partial charge < -0.3 is 14.2 Å². The van der Waals surface area contributed by atoms with Crippen LogP contribution in [0.3, 0.4) is 0 Å². The number of rotatable bonds is 5. The largest absolute Gasteiger partial charge is 0.464 e. The third kappa shape index (κ3) is 5.02. The summed E-state index contributed by atoms with van der Waals surface area (Å²) in [4.78, 5) is 29.6. The van der Waals surface area contributed by atoms with Gasteiger partial charge in [0.1, 0.15) is 11.5 Å². The van der Waals surface area contributed by atoms with Crippen LogP contribution in [-0.2, 0) is 19.5 Å². The van der Waals surface area contributed by atoms with E-state index in [9.17, 15) is 9.59 Å². The molecule has 1 aliphatic rings. The summed E-state index contributed by atoms with van der Waals surface area (Å²) in [5.74, 6) is 1.56. The molecule has 3 aromatic rings. The van der Waals surface area contributed by atoms with Crippen LogP contribution in [0.4, 0.5) is 0 Å². The minimum absolute atomic E-state index is 0. The van der Waals surface area contributed by atoms with E-state index in [1.807, 2.05) is 30.0 Å². The summed E-state index contributed by atoms with van der Waals surface area (Å²) < 4.78 is 5.92. The molecule has 168 valence electrons. The molecule has 5 nitrogen and oxygen atoms in total. The van der Waals surface area contributed by atoms with Crippen LogP contribution in [0, 0.1) is 0 Å².